The molecule has 0 amide bonds. The summed E-state index contributed by atoms with van der Waals surface area (Å²) >= 11 is 0. The Balaban J connectivity index is 2.06. The van der Waals surface area contributed by atoms with Gasteiger partial charge in [-0.15, -0.1) is 0 Å². The van der Waals surface area contributed by atoms with Crippen LogP contribution in [0.4, 0.5) is 11.5 Å². The van der Waals surface area contributed by atoms with Gasteiger partial charge in [0, 0.05) is 6.54 Å². The van der Waals surface area contributed by atoms with Crippen LogP contribution in [0.25, 0.3) is 0 Å². The molecule has 0 saturated heterocycles. The summed E-state index contributed by atoms with van der Waals surface area (Å²) < 4.78 is 0. The highest BCUT2D eigenvalue weighted by molar-refractivity contribution is 5.56. The predicted octanol–water partition coefficient (Wildman–Crippen LogP) is 2.59. The molecule has 0 atom stereocenters. The van der Waals surface area contributed by atoms with Gasteiger partial charge in [0.2, 0.25) is 0 Å². The number of hydrogen-bond donors (Lipinski definition) is 1. The molecule has 1 fully saturated rings. The number of anilines is 1. The highest BCUT2D eigenvalue weighted by Crippen LogP contribution is 2.48. The zero-order chi connectivity index (χ0) is 11.6. The highest BCUT2D eigenvalue weighted by Gasteiger charge is 2.40. The summed E-state index contributed by atoms with van der Waals surface area (Å²) in [7, 11) is 0. The van der Waals surface area contributed by atoms with Crippen molar-refractivity contribution in [2.24, 2.45) is 5.41 Å². The molecule has 0 aliphatic heterocycles. The standard InChI is InChI=1S/C11H15N3O2/c1-2-11(5-6-11)8-13-9-4-3-7-12-10(9)14(15)16/h3-4,7,13H,2,5-6,8H2,1H3. The number of nitro groups is 1. The minimum atomic E-state index is -0.451. The molecule has 86 valence electrons. The second-order valence-corrected chi connectivity index (χ2v) is 4.34. The number of pyridine rings is 1. The maximum atomic E-state index is 10.7. The van der Waals surface area contributed by atoms with E-state index in [1.54, 1.807) is 12.1 Å². The van der Waals surface area contributed by atoms with Crippen molar-refractivity contribution in [2.45, 2.75) is 26.2 Å². The van der Waals surface area contributed by atoms with Crippen LogP contribution in [0.15, 0.2) is 18.3 Å². The van der Waals surface area contributed by atoms with E-state index in [-0.39, 0.29) is 5.82 Å². The largest absolute Gasteiger partial charge is 0.386 e. The lowest BCUT2D eigenvalue weighted by Crippen LogP contribution is -2.15. The molecule has 5 nitrogen and oxygen atoms in total. The highest BCUT2D eigenvalue weighted by atomic mass is 16.6. The second-order valence-electron chi connectivity index (χ2n) is 4.34. The van der Waals surface area contributed by atoms with Gasteiger partial charge >= 0.3 is 5.82 Å². The van der Waals surface area contributed by atoms with Crippen molar-refractivity contribution in [2.75, 3.05) is 11.9 Å². The molecule has 1 aliphatic carbocycles. The lowest BCUT2D eigenvalue weighted by Gasteiger charge is -2.13. The van der Waals surface area contributed by atoms with Crippen LogP contribution in [0.1, 0.15) is 26.2 Å². The van der Waals surface area contributed by atoms with Crippen LogP contribution in [-0.4, -0.2) is 16.5 Å². The zero-order valence-electron chi connectivity index (χ0n) is 9.27. The van der Waals surface area contributed by atoms with Crippen LogP contribution in [-0.2, 0) is 0 Å². The summed E-state index contributed by atoms with van der Waals surface area (Å²) in [5.41, 5.74) is 0.885. The lowest BCUT2D eigenvalue weighted by molar-refractivity contribution is -0.388. The van der Waals surface area contributed by atoms with E-state index in [1.807, 2.05) is 0 Å². The fourth-order valence-corrected chi connectivity index (χ4v) is 1.80. The van der Waals surface area contributed by atoms with Crippen LogP contribution in [0.3, 0.4) is 0 Å². The van der Waals surface area contributed by atoms with E-state index in [4.69, 9.17) is 0 Å². The Bertz CT molecular complexity index is 402. The minimum absolute atomic E-state index is 0.0885. The molecule has 0 radical (unpaired) electrons. The maximum Gasteiger partial charge on any atom is 0.386 e. The molecular weight excluding hydrogens is 206 g/mol. The van der Waals surface area contributed by atoms with Crippen LogP contribution < -0.4 is 5.32 Å². The van der Waals surface area contributed by atoms with Crippen molar-refractivity contribution in [3.05, 3.63) is 28.4 Å². The minimum Gasteiger partial charge on any atom is -0.378 e. The van der Waals surface area contributed by atoms with Crippen molar-refractivity contribution in [1.82, 2.24) is 4.98 Å². The molecule has 1 aromatic heterocycles. The first kappa shape index (κ1) is 10.9. The van der Waals surface area contributed by atoms with Gasteiger partial charge in [-0.1, -0.05) is 6.92 Å². The molecule has 0 bridgehead atoms. The van der Waals surface area contributed by atoms with Crippen LogP contribution >= 0.6 is 0 Å². The third-order valence-electron chi connectivity index (χ3n) is 3.32. The normalized spacial score (nSPS) is 16.8. The molecule has 0 unspecified atom stereocenters. The summed E-state index contributed by atoms with van der Waals surface area (Å²) in [6, 6.07) is 3.41. The van der Waals surface area contributed by atoms with Gasteiger partial charge in [0.25, 0.3) is 0 Å². The fourth-order valence-electron chi connectivity index (χ4n) is 1.80. The van der Waals surface area contributed by atoms with Crippen molar-refractivity contribution in [1.29, 1.82) is 0 Å². The van der Waals surface area contributed by atoms with Crippen molar-refractivity contribution >= 4 is 11.5 Å². The monoisotopic (exact) mass is 221 g/mol. The van der Waals surface area contributed by atoms with Gasteiger partial charge in [0.05, 0.1) is 0 Å². The first-order valence-corrected chi connectivity index (χ1v) is 5.50. The number of nitrogens with one attached hydrogen (secondary N) is 1. The van der Waals surface area contributed by atoms with Gasteiger partial charge in [0.15, 0.2) is 0 Å². The summed E-state index contributed by atoms with van der Waals surface area (Å²) in [5.74, 6) is -0.0885. The van der Waals surface area contributed by atoms with Gasteiger partial charge in [-0.05, 0) is 46.7 Å². The average molecular weight is 221 g/mol. The topological polar surface area (TPSA) is 68.1 Å². The van der Waals surface area contributed by atoms with Crippen molar-refractivity contribution < 1.29 is 4.92 Å². The molecular formula is C11H15N3O2. The maximum absolute atomic E-state index is 10.7. The quantitative estimate of drug-likeness (QED) is 0.613. The third-order valence-corrected chi connectivity index (χ3v) is 3.32. The molecule has 2 rings (SSSR count). The van der Waals surface area contributed by atoms with E-state index < -0.39 is 4.92 Å². The van der Waals surface area contributed by atoms with Gasteiger partial charge in [-0.25, -0.2) is 0 Å². The number of rotatable bonds is 5. The van der Waals surface area contributed by atoms with Gasteiger partial charge in [0.1, 0.15) is 11.9 Å². The number of hydrogen-bond acceptors (Lipinski definition) is 4. The zero-order valence-corrected chi connectivity index (χ0v) is 9.27. The summed E-state index contributed by atoms with van der Waals surface area (Å²) in [6.45, 7) is 2.96. The SMILES string of the molecule is CCC1(CNc2cccnc2[N+](=O)[O-])CC1. The second kappa shape index (κ2) is 4.08. The Morgan fingerprint density at radius 3 is 2.94 bits per heavy atom. The third kappa shape index (κ3) is 2.13. The predicted molar refractivity (Wildman–Crippen MR) is 61.3 cm³/mol. The van der Waals surface area contributed by atoms with E-state index in [9.17, 15) is 10.1 Å². The Hall–Kier alpha value is -1.65. The van der Waals surface area contributed by atoms with Crippen LogP contribution in [0, 0.1) is 15.5 Å². The van der Waals surface area contributed by atoms with Crippen LogP contribution in [0.5, 0.6) is 0 Å². The number of nitrogens with zero attached hydrogens (tertiary/aromatic N) is 2. The van der Waals surface area contributed by atoms with Gasteiger partial charge in [-0.2, -0.15) is 0 Å². The Morgan fingerprint density at radius 2 is 2.38 bits per heavy atom. The molecule has 1 aromatic rings. The molecule has 1 aliphatic rings. The van der Waals surface area contributed by atoms with E-state index in [2.05, 4.69) is 17.2 Å². The Kier molecular flexibility index (Phi) is 2.77. The fraction of sp³-hybridized carbons (Fsp3) is 0.545. The first-order valence-electron chi connectivity index (χ1n) is 5.50. The molecule has 1 heterocycles. The van der Waals surface area contributed by atoms with E-state index in [0.29, 0.717) is 11.1 Å². The average Bonchev–Trinajstić information content (AvgIpc) is 3.07. The molecule has 16 heavy (non-hydrogen) atoms. The van der Waals surface area contributed by atoms with Crippen LogP contribution in [0.2, 0.25) is 0 Å². The molecule has 5 heteroatoms. The van der Waals surface area contributed by atoms with Gasteiger partial charge in [-0.3, -0.25) is 0 Å². The Morgan fingerprint density at radius 1 is 1.62 bits per heavy atom. The summed E-state index contributed by atoms with van der Waals surface area (Å²) in [6.07, 6.45) is 4.99. The molecule has 1 N–H and O–H groups in total. The van der Waals surface area contributed by atoms with Crippen molar-refractivity contribution in [3.63, 3.8) is 0 Å². The summed E-state index contributed by atoms with van der Waals surface area (Å²) in [4.78, 5) is 14.0. The molecule has 0 aromatic carbocycles. The lowest BCUT2D eigenvalue weighted by atomic mass is 10.0. The number of aromatic nitrogens is 1. The Labute approximate surface area is 94.0 Å². The van der Waals surface area contributed by atoms with E-state index in [0.717, 1.165) is 13.0 Å². The van der Waals surface area contributed by atoms with Gasteiger partial charge < -0.3 is 15.4 Å². The smallest absolute Gasteiger partial charge is 0.378 e. The summed E-state index contributed by atoms with van der Waals surface area (Å²) in [5, 5.41) is 13.9. The molecule has 0 spiro atoms. The van der Waals surface area contributed by atoms with E-state index >= 15 is 0 Å². The molecule has 1 saturated carbocycles. The first-order chi connectivity index (χ1) is 7.67. The van der Waals surface area contributed by atoms with E-state index in [1.165, 1.54) is 19.0 Å². The van der Waals surface area contributed by atoms with Crippen molar-refractivity contribution in [3.8, 4) is 0 Å².